The topological polar surface area (TPSA) is 32.3 Å². The SMILES string of the molecule is CC(Cc1c(F)cccc1F)NCc1ccc(O)c(F)c1. The van der Waals surface area contributed by atoms with Crippen molar-refractivity contribution < 1.29 is 18.3 Å². The highest BCUT2D eigenvalue weighted by atomic mass is 19.1. The van der Waals surface area contributed by atoms with Gasteiger partial charge in [-0.2, -0.15) is 0 Å². The fraction of sp³-hybridized carbons (Fsp3) is 0.250. The summed E-state index contributed by atoms with van der Waals surface area (Å²) >= 11 is 0. The molecule has 2 nitrogen and oxygen atoms in total. The van der Waals surface area contributed by atoms with Gasteiger partial charge >= 0.3 is 0 Å². The van der Waals surface area contributed by atoms with Crippen LogP contribution in [0.2, 0.25) is 0 Å². The predicted octanol–water partition coefficient (Wildman–Crippen LogP) is 3.53. The largest absolute Gasteiger partial charge is 0.505 e. The summed E-state index contributed by atoms with van der Waals surface area (Å²) in [7, 11) is 0. The number of phenolic OH excluding ortho intramolecular Hbond substituents is 1. The van der Waals surface area contributed by atoms with Gasteiger partial charge in [-0.3, -0.25) is 0 Å². The predicted molar refractivity (Wildman–Crippen MR) is 74.4 cm³/mol. The van der Waals surface area contributed by atoms with E-state index in [9.17, 15) is 13.2 Å². The lowest BCUT2D eigenvalue weighted by Gasteiger charge is -2.15. The molecule has 0 saturated carbocycles. The molecule has 0 radical (unpaired) electrons. The van der Waals surface area contributed by atoms with Gasteiger partial charge in [-0.15, -0.1) is 0 Å². The van der Waals surface area contributed by atoms with Gasteiger partial charge in [0.1, 0.15) is 11.6 Å². The van der Waals surface area contributed by atoms with Crippen LogP contribution in [0.25, 0.3) is 0 Å². The number of benzene rings is 2. The van der Waals surface area contributed by atoms with Crippen LogP contribution >= 0.6 is 0 Å². The molecule has 0 aliphatic rings. The average molecular weight is 295 g/mol. The third-order valence-electron chi connectivity index (χ3n) is 3.24. The Labute approximate surface area is 121 Å². The number of rotatable bonds is 5. The second kappa shape index (κ2) is 6.63. The van der Waals surface area contributed by atoms with Crippen molar-refractivity contribution in [1.29, 1.82) is 0 Å². The minimum Gasteiger partial charge on any atom is -0.505 e. The van der Waals surface area contributed by atoms with Gasteiger partial charge in [0.05, 0.1) is 0 Å². The van der Waals surface area contributed by atoms with Crippen LogP contribution < -0.4 is 5.32 Å². The summed E-state index contributed by atoms with van der Waals surface area (Å²) in [5.41, 5.74) is 0.681. The van der Waals surface area contributed by atoms with Gasteiger partial charge in [0.15, 0.2) is 11.6 Å². The maximum Gasteiger partial charge on any atom is 0.165 e. The molecule has 2 aromatic rings. The van der Waals surface area contributed by atoms with Crippen molar-refractivity contribution in [3.63, 3.8) is 0 Å². The molecule has 0 spiro atoms. The van der Waals surface area contributed by atoms with Crippen molar-refractivity contribution in [3.8, 4) is 5.75 Å². The molecule has 5 heteroatoms. The Morgan fingerprint density at radius 3 is 2.33 bits per heavy atom. The second-order valence-corrected chi connectivity index (χ2v) is 4.97. The molecule has 0 fully saturated rings. The van der Waals surface area contributed by atoms with Crippen LogP contribution in [0.15, 0.2) is 36.4 Å². The zero-order chi connectivity index (χ0) is 15.4. The number of hydrogen-bond donors (Lipinski definition) is 2. The summed E-state index contributed by atoms with van der Waals surface area (Å²) in [6.07, 6.45) is 0.194. The number of aromatic hydroxyl groups is 1. The molecule has 0 saturated heterocycles. The average Bonchev–Trinajstić information content (AvgIpc) is 2.44. The van der Waals surface area contributed by atoms with Crippen LogP contribution in [0.5, 0.6) is 5.75 Å². The molecule has 0 aliphatic heterocycles. The molecular formula is C16H16F3NO. The molecule has 1 unspecified atom stereocenters. The Morgan fingerprint density at radius 2 is 1.71 bits per heavy atom. The normalized spacial score (nSPS) is 12.4. The maximum absolute atomic E-state index is 13.5. The molecule has 0 amide bonds. The van der Waals surface area contributed by atoms with Crippen LogP contribution in [-0.4, -0.2) is 11.1 Å². The first-order chi connectivity index (χ1) is 9.97. The lowest BCUT2D eigenvalue weighted by atomic mass is 10.1. The lowest BCUT2D eigenvalue weighted by Crippen LogP contribution is -2.28. The first kappa shape index (κ1) is 15.4. The summed E-state index contributed by atoms with van der Waals surface area (Å²) in [5.74, 6) is -2.24. The Bertz CT molecular complexity index is 611. The Morgan fingerprint density at radius 1 is 1.05 bits per heavy atom. The van der Waals surface area contributed by atoms with Crippen molar-refractivity contribution >= 4 is 0 Å². The number of nitrogens with one attached hydrogen (secondary N) is 1. The van der Waals surface area contributed by atoms with Gasteiger partial charge in [-0.25, -0.2) is 13.2 Å². The van der Waals surface area contributed by atoms with Crippen LogP contribution in [-0.2, 0) is 13.0 Å². The third kappa shape index (κ3) is 3.98. The summed E-state index contributed by atoms with van der Waals surface area (Å²) in [6, 6.07) is 7.66. The van der Waals surface area contributed by atoms with Gasteiger partial charge in [0, 0.05) is 18.2 Å². The number of phenols is 1. The van der Waals surface area contributed by atoms with Crippen LogP contribution in [0, 0.1) is 17.5 Å². The molecule has 0 aromatic heterocycles. The van der Waals surface area contributed by atoms with Gasteiger partial charge in [-0.1, -0.05) is 12.1 Å². The molecule has 1 atom stereocenters. The van der Waals surface area contributed by atoms with Crippen molar-refractivity contribution in [2.24, 2.45) is 0 Å². The van der Waals surface area contributed by atoms with E-state index >= 15 is 0 Å². The lowest BCUT2D eigenvalue weighted by molar-refractivity contribution is 0.431. The highest BCUT2D eigenvalue weighted by Gasteiger charge is 2.12. The van der Waals surface area contributed by atoms with Gasteiger partial charge in [0.25, 0.3) is 0 Å². The smallest absolute Gasteiger partial charge is 0.165 e. The van der Waals surface area contributed by atoms with E-state index in [1.807, 2.05) is 0 Å². The minimum absolute atomic E-state index is 0.0365. The number of halogens is 3. The fourth-order valence-electron chi connectivity index (χ4n) is 2.06. The van der Waals surface area contributed by atoms with Crippen LogP contribution in [0.1, 0.15) is 18.1 Å². The second-order valence-electron chi connectivity index (χ2n) is 4.97. The van der Waals surface area contributed by atoms with E-state index in [0.717, 1.165) is 0 Å². The number of hydrogen-bond acceptors (Lipinski definition) is 2. The zero-order valence-corrected chi connectivity index (χ0v) is 11.5. The van der Waals surface area contributed by atoms with Gasteiger partial charge in [-0.05, 0) is 43.2 Å². The fourth-order valence-corrected chi connectivity index (χ4v) is 2.06. The van der Waals surface area contributed by atoms with Gasteiger partial charge in [0.2, 0.25) is 0 Å². The molecule has 21 heavy (non-hydrogen) atoms. The first-order valence-electron chi connectivity index (χ1n) is 6.61. The van der Waals surface area contributed by atoms with Crippen molar-refractivity contribution in [1.82, 2.24) is 5.32 Å². The van der Waals surface area contributed by atoms with E-state index in [0.29, 0.717) is 12.1 Å². The zero-order valence-electron chi connectivity index (χ0n) is 11.5. The Hall–Kier alpha value is -2.01. The summed E-state index contributed by atoms with van der Waals surface area (Å²) < 4.78 is 40.2. The monoisotopic (exact) mass is 295 g/mol. The van der Waals surface area contributed by atoms with Crippen molar-refractivity contribution in [2.75, 3.05) is 0 Å². The van der Waals surface area contributed by atoms with Gasteiger partial charge < -0.3 is 10.4 Å². The summed E-state index contributed by atoms with van der Waals surface area (Å²) in [5, 5.41) is 12.2. The Balaban J connectivity index is 1.96. The molecule has 2 N–H and O–H groups in total. The van der Waals surface area contributed by atoms with E-state index in [4.69, 9.17) is 5.11 Å². The van der Waals surface area contributed by atoms with E-state index in [2.05, 4.69) is 5.32 Å². The van der Waals surface area contributed by atoms with Crippen molar-refractivity contribution in [3.05, 3.63) is 65.0 Å². The molecule has 0 aliphatic carbocycles. The molecule has 112 valence electrons. The van der Waals surface area contributed by atoms with E-state index in [1.165, 1.54) is 30.3 Å². The summed E-state index contributed by atoms with van der Waals surface area (Å²) in [4.78, 5) is 0. The van der Waals surface area contributed by atoms with E-state index in [-0.39, 0.29) is 18.0 Å². The molecule has 2 rings (SSSR count). The maximum atomic E-state index is 13.5. The standard InChI is InChI=1S/C16H16F3NO/c1-10(7-12-13(17)3-2-4-14(12)18)20-9-11-5-6-16(21)15(19)8-11/h2-6,8,10,20-21H,7,9H2,1H3. The molecule has 0 heterocycles. The minimum atomic E-state index is -0.692. The Kier molecular flexibility index (Phi) is 4.85. The first-order valence-corrected chi connectivity index (χ1v) is 6.61. The quantitative estimate of drug-likeness (QED) is 0.884. The van der Waals surface area contributed by atoms with Crippen molar-refractivity contribution in [2.45, 2.75) is 25.9 Å². The third-order valence-corrected chi connectivity index (χ3v) is 3.24. The van der Waals surface area contributed by atoms with E-state index < -0.39 is 23.2 Å². The highest BCUT2D eigenvalue weighted by Crippen LogP contribution is 2.17. The molecule has 0 bridgehead atoms. The molecule has 2 aromatic carbocycles. The molecular weight excluding hydrogens is 279 g/mol. The van der Waals surface area contributed by atoms with E-state index in [1.54, 1.807) is 13.0 Å². The van der Waals surface area contributed by atoms with Crippen LogP contribution in [0.4, 0.5) is 13.2 Å². The highest BCUT2D eigenvalue weighted by molar-refractivity contribution is 5.28. The van der Waals surface area contributed by atoms with Crippen LogP contribution in [0.3, 0.4) is 0 Å². The summed E-state index contributed by atoms with van der Waals surface area (Å²) in [6.45, 7) is 2.14.